The van der Waals surface area contributed by atoms with Crippen LogP contribution in [0.15, 0.2) is 59.5 Å². The fourth-order valence-electron chi connectivity index (χ4n) is 3.57. The van der Waals surface area contributed by atoms with E-state index in [1.807, 2.05) is 0 Å². The van der Waals surface area contributed by atoms with Crippen molar-refractivity contribution in [2.45, 2.75) is 42.1 Å². The molecule has 1 saturated carbocycles. The first-order chi connectivity index (χ1) is 16.5. The van der Waals surface area contributed by atoms with Crippen molar-refractivity contribution in [1.82, 2.24) is 15.3 Å². The van der Waals surface area contributed by atoms with Crippen LogP contribution in [0.5, 0.6) is 0 Å². The molecule has 184 valence electrons. The molecule has 0 spiro atoms. The number of nitrogens with two attached hydrogens (primary N) is 1. The van der Waals surface area contributed by atoms with Crippen LogP contribution in [0.25, 0.3) is 11.4 Å². The van der Waals surface area contributed by atoms with E-state index in [0.717, 1.165) is 31.4 Å². The first kappa shape index (κ1) is 24.5. The minimum absolute atomic E-state index is 0.0358. The van der Waals surface area contributed by atoms with Crippen molar-refractivity contribution in [3.63, 3.8) is 0 Å². The summed E-state index contributed by atoms with van der Waals surface area (Å²) in [6, 6.07) is 11.5. The van der Waals surface area contributed by atoms with Crippen LogP contribution in [0.1, 0.15) is 30.5 Å². The van der Waals surface area contributed by atoms with Gasteiger partial charge in [-0.15, -0.1) is 0 Å². The molecule has 35 heavy (non-hydrogen) atoms. The number of nitrogens with one attached hydrogen (secondary N) is 2. The fourth-order valence-corrected chi connectivity index (χ4v) is 5.07. The van der Waals surface area contributed by atoms with E-state index in [0.29, 0.717) is 17.3 Å². The third kappa shape index (κ3) is 5.88. The van der Waals surface area contributed by atoms with Crippen molar-refractivity contribution in [1.29, 1.82) is 0 Å². The first-order valence-corrected chi connectivity index (χ1v) is 12.4. The summed E-state index contributed by atoms with van der Waals surface area (Å²) in [4.78, 5) is 19.5. The zero-order valence-corrected chi connectivity index (χ0v) is 19.2. The lowest BCUT2D eigenvalue weighted by Gasteiger charge is -2.26. The number of hydrogen-bond acceptors (Lipinski definition) is 6. The molecule has 0 unspecified atom stereocenters. The third-order valence-corrected chi connectivity index (χ3v) is 7.21. The van der Waals surface area contributed by atoms with Gasteiger partial charge in [-0.1, -0.05) is 12.1 Å². The zero-order chi connectivity index (χ0) is 25.2. The number of hydrogen-bond donors (Lipinski definition) is 3. The Kier molecular flexibility index (Phi) is 6.66. The van der Waals surface area contributed by atoms with Gasteiger partial charge in [0, 0.05) is 23.4 Å². The van der Waals surface area contributed by atoms with Gasteiger partial charge in [0.05, 0.1) is 21.9 Å². The number of carbonyl (C=O) groups excluding carboxylic acids is 1. The van der Waals surface area contributed by atoms with Crippen LogP contribution in [-0.2, 0) is 21.8 Å². The van der Waals surface area contributed by atoms with E-state index in [1.54, 1.807) is 24.3 Å². The van der Waals surface area contributed by atoms with E-state index in [4.69, 9.17) is 5.73 Å². The lowest BCUT2D eigenvalue weighted by Crippen LogP contribution is -2.41. The molecule has 12 heteroatoms. The van der Waals surface area contributed by atoms with Crippen LogP contribution in [0.3, 0.4) is 0 Å². The summed E-state index contributed by atoms with van der Waals surface area (Å²) in [7, 11) is -4.39. The van der Waals surface area contributed by atoms with Gasteiger partial charge in [0.2, 0.25) is 0 Å². The zero-order valence-electron chi connectivity index (χ0n) is 18.3. The van der Waals surface area contributed by atoms with Gasteiger partial charge < -0.3 is 16.4 Å². The highest BCUT2D eigenvalue weighted by Gasteiger charge is 2.37. The molecule has 1 aromatic heterocycles. The average molecular weight is 506 g/mol. The van der Waals surface area contributed by atoms with Gasteiger partial charge in [0.25, 0.3) is 0 Å². The molecule has 0 bridgehead atoms. The van der Waals surface area contributed by atoms with Crippen LogP contribution in [0.4, 0.5) is 29.5 Å². The summed E-state index contributed by atoms with van der Waals surface area (Å²) in [6.45, 7) is 0. The molecule has 0 atom stereocenters. The molecule has 8 nitrogen and oxygen atoms in total. The molecule has 0 saturated heterocycles. The number of urea groups is 1. The minimum Gasteiger partial charge on any atom is -0.384 e. The maximum absolute atomic E-state index is 13.3. The number of nitrogen functional groups attached to an aromatic ring is 1. The fraction of sp³-hybridized carbons (Fsp3) is 0.261. The van der Waals surface area contributed by atoms with Crippen molar-refractivity contribution in [2.24, 2.45) is 0 Å². The topological polar surface area (TPSA) is 127 Å². The van der Waals surface area contributed by atoms with Gasteiger partial charge in [-0.25, -0.2) is 23.2 Å². The summed E-state index contributed by atoms with van der Waals surface area (Å²) in [6.07, 6.45) is -1.82. The van der Waals surface area contributed by atoms with Gasteiger partial charge in [-0.2, -0.15) is 13.2 Å². The van der Waals surface area contributed by atoms with E-state index in [2.05, 4.69) is 20.6 Å². The predicted octanol–water partition coefficient (Wildman–Crippen LogP) is 4.39. The molecule has 1 fully saturated rings. The maximum atomic E-state index is 13.3. The van der Waals surface area contributed by atoms with Crippen molar-refractivity contribution in [3.8, 4) is 11.4 Å². The minimum atomic E-state index is -4.83. The van der Waals surface area contributed by atoms with Crippen molar-refractivity contribution in [3.05, 3.63) is 65.9 Å². The lowest BCUT2D eigenvalue weighted by atomic mass is 9.93. The van der Waals surface area contributed by atoms with E-state index < -0.39 is 32.2 Å². The molecule has 4 N–H and O–H groups in total. The molecule has 0 radical (unpaired) electrons. The normalized spacial score (nSPS) is 14.3. The average Bonchev–Trinajstić information content (AvgIpc) is 2.75. The summed E-state index contributed by atoms with van der Waals surface area (Å²) < 4.78 is 65.6. The summed E-state index contributed by atoms with van der Waals surface area (Å²) in [5, 5.41) is 5.58. The number of sulfone groups is 1. The van der Waals surface area contributed by atoms with Crippen molar-refractivity contribution in [2.75, 3.05) is 11.1 Å². The van der Waals surface area contributed by atoms with Crippen LogP contribution in [0.2, 0.25) is 0 Å². The highest BCUT2D eigenvalue weighted by molar-refractivity contribution is 7.90. The highest BCUT2D eigenvalue weighted by atomic mass is 32.2. The molecule has 3 aromatic rings. The molecule has 2 amide bonds. The Morgan fingerprint density at radius 3 is 2.37 bits per heavy atom. The Balaban J connectivity index is 1.54. The number of nitrogens with zero attached hydrogens (tertiary/aromatic N) is 2. The standard InChI is InChI=1S/C23H22F3N5O3S/c24-23(25,26)18-6-1-2-7-19(18)35(33,34)13-17-12-20(27)31-21(28-17)14-8-10-16(11-9-14)30-22(32)29-15-4-3-5-15/h1-2,6-12,15H,3-5,13H2,(H2,27,28,31)(H2,29,30,32). The number of rotatable bonds is 6. The second-order valence-electron chi connectivity index (χ2n) is 8.16. The lowest BCUT2D eigenvalue weighted by molar-refractivity contribution is -0.139. The Morgan fingerprint density at radius 2 is 1.74 bits per heavy atom. The van der Waals surface area contributed by atoms with E-state index in [-0.39, 0.29) is 29.4 Å². The number of aromatic nitrogens is 2. The van der Waals surface area contributed by atoms with Crippen LogP contribution >= 0.6 is 0 Å². The number of halogens is 3. The number of anilines is 2. The van der Waals surface area contributed by atoms with Gasteiger partial charge in [0.1, 0.15) is 5.82 Å². The summed E-state index contributed by atoms with van der Waals surface area (Å²) in [5.74, 6) is -0.725. The number of amides is 2. The second-order valence-corrected chi connectivity index (χ2v) is 10.1. The number of carbonyl (C=O) groups is 1. The Bertz CT molecular complexity index is 1340. The highest BCUT2D eigenvalue weighted by Crippen LogP contribution is 2.35. The quantitative estimate of drug-likeness (QED) is 0.456. The van der Waals surface area contributed by atoms with Crippen LogP contribution < -0.4 is 16.4 Å². The van der Waals surface area contributed by atoms with Gasteiger partial charge in [0.15, 0.2) is 15.7 Å². The smallest absolute Gasteiger partial charge is 0.384 e. The SMILES string of the molecule is Nc1cc(CS(=O)(=O)c2ccccc2C(F)(F)F)nc(-c2ccc(NC(=O)NC3CCC3)cc2)n1. The largest absolute Gasteiger partial charge is 0.417 e. The molecule has 1 aliphatic rings. The van der Waals surface area contributed by atoms with Gasteiger partial charge in [-0.3, -0.25) is 0 Å². The van der Waals surface area contributed by atoms with Crippen LogP contribution in [0, 0.1) is 0 Å². The summed E-state index contributed by atoms with van der Waals surface area (Å²) in [5.41, 5.74) is 5.54. The monoisotopic (exact) mass is 505 g/mol. The molecule has 4 rings (SSSR count). The van der Waals surface area contributed by atoms with E-state index >= 15 is 0 Å². The van der Waals surface area contributed by atoms with Gasteiger partial charge in [-0.05, 0) is 55.7 Å². The molecular formula is C23H22F3N5O3S. The van der Waals surface area contributed by atoms with Crippen LogP contribution in [-0.4, -0.2) is 30.5 Å². The predicted molar refractivity (Wildman–Crippen MR) is 124 cm³/mol. The second kappa shape index (κ2) is 9.53. The molecule has 2 aromatic carbocycles. The van der Waals surface area contributed by atoms with Gasteiger partial charge >= 0.3 is 12.2 Å². The first-order valence-electron chi connectivity index (χ1n) is 10.7. The van der Waals surface area contributed by atoms with E-state index in [1.165, 1.54) is 12.1 Å². The molecule has 1 aliphatic carbocycles. The van der Waals surface area contributed by atoms with Crippen molar-refractivity contribution < 1.29 is 26.4 Å². The Morgan fingerprint density at radius 1 is 1.06 bits per heavy atom. The van der Waals surface area contributed by atoms with Crippen molar-refractivity contribution >= 4 is 27.4 Å². The molecule has 0 aliphatic heterocycles. The van der Waals surface area contributed by atoms with E-state index in [9.17, 15) is 26.4 Å². The molecular weight excluding hydrogens is 483 g/mol. The Labute approximate surface area is 199 Å². The number of alkyl halides is 3. The Hall–Kier alpha value is -3.67. The molecule has 1 heterocycles. The third-order valence-electron chi connectivity index (χ3n) is 5.51. The number of benzene rings is 2. The summed E-state index contributed by atoms with van der Waals surface area (Å²) >= 11 is 0. The maximum Gasteiger partial charge on any atom is 0.417 e.